The summed E-state index contributed by atoms with van der Waals surface area (Å²) in [6, 6.07) is -0.734. The fraction of sp³-hybridized carbons (Fsp3) is 0.615. The van der Waals surface area contributed by atoms with E-state index in [-0.39, 0.29) is 24.9 Å². The quantitative estimate of drug-likeness (QED) is 0.0249. The van der Waals surface area contributed by atoms with E-state index in [1.165, 1.54) is 38.5 Å². The van der Waals surface area contributed by atoms with Crippen molar-refractivity contribution in [2.24, 2.45) is 0 Å². The second-order valence-corrected chi connectivity index (χ2v) is 15.1. The summed E-state index contributed by atoms with van der Waals surface area (Å²) in [5.74, 6) is -0.596. The van der Waals surface area contributed by atoms with Crippen molar-refractivity contribution < 1.29 is 24.5 Å². The Morgan fingerprint density at radius 3 is 1.62 bits per heavy atom. The number of unbranched alkanes of at least 4 members (excludes halogenated alkanes) is 12. The Kier molecular flexibility index (Phi) is 41.9. The second kappa shape index (κ2) is 44.6. The van der Waals surface area contributed by atoms with E-state index in [1.54, 1.807) is 0 Å². The molecule has 6 nitrogen and oxygen atoms in total. The van der Waals surface area contributed by atoms with E-state index in [0.717, 1.165) is 96.3 Å². The number of allylic oxidation sites excluding steroid dienone is 18. The van der Waals surface area contributed by atoms with Gasteiger partial charge in [0, 0.05) is 6.42 Å². The summed E-state index contributed by atoms with van der Waals surface area (Å²) < 4.78 is 5.85. The third-order valence-electron chi connectivity index (χ3n) is 9.69. The van der Waals surface area contributed by atoms with Gasteiger partial charge in [-0.3, -0.25) is 9.59 Å². The van der Waals surface area contributed by atoms with Gasteiger partial charge in [-0.1, -0.05) is 194 Å². The predicted molar refractivity (Wildman–Crippen MR) is 250 cm³/mol. The first-order valence-electron chi connectivity index (χ1n) is 23.2. The van der Waals surface area contributed by atoms with E-state index in [1.807, 2.05) is 36.5 Å². The molecule has 0 aliphatic rings. The lowest BCUT2D eigenvalue weighted by molar-refractivity contribution is -0.151. The van der Waals surface area contributed by atoms with E-state index in [4.69, 9.17) is 4.74 Å². The van der Waals surface area contributed by atoms with Crippen LogP contribution in [0.25, 0.3) is 0 Å². The minimum absolute atomic E-state index is 0.0107. The maximum Gasteiger partial charge on any atom is 0.306 e. The van der Waals surface area contributed by atoms with E-state index in [9.17, 15) is 19.8 Å². The Labute approximate surface area is 356 Å². The van der Waals surface area contributed by atoms with Crippen LogP contribution in [0.1, 0.15) is 181 Å². The van der Waals surface area contributed by atoms with Crippen molar-refractivity contribution in [2.75, 3.05) is 6.61 Å². The van der Waals surface area contributed by atoms with Gasteiger partial charge in [-0.05, 0) is 83.5 Å². The highest BCUT2D eigenvalue weighted by atomic mass is 16.5. The smallest absolute Gasteiger partial charge is 0.306 e. The summed E-state index contributed by atoms with van der Waals surface area (Å²) >= 11 is 0. The minimum Gasteiger partial charge on any atom is -0.462 e. The first kappa shape index (κ1) is 54.5. The molecule has 0 aliphatic carbocycles. The Hall–Kier alpha value is -3.48. The average Bonchev–Trinajstić information content (AvgIpc) is 3.22. The molecule has 3 unspecified atom stereocenters. The molecule has 0 aliphatic heterocycles. The fourth-order valence-electron chi connectivity index (χ4n) is 6.24. The normalized spacial score (nSPS) is 14.4. The van der Waals surface area contributed by atoms with E-state index < -0.39 is 18.2 Å². The summed E-state index contributed by atoms with van der Waals surface area (Å²) in [6.45, 7) is 6.15. The molecule has 58 heavy (non-hydrogen) atoms. The van der Waals surface area contributed by atoms with Gasteiger partial charge in [-0.25, -0.2) is 0 Å². The lowest BCUT2D eigenvalue weighted by Gasteiger charge is -2.24. The van der Waals surface area contributed by atoms with Crippen LogP contribution < -0.4 is 5.32 Å². The average molecular weight is 804 g/mol. The van der Waals surface area contributed by atoms with Crippen LogP contribution in [0.5, 0.6) is 0 Å². The van der Waals surface area contributed by atoms with Crippen molar-refractivity contribution >= 4 is 11.9 Å². The first-order chi connectivity index (χ1) is 28.5. The number of hydrogen-bond donors (Lipinski definition) is 3. The van der Waals surface area contributed by atoms with Gasteiger partial charge in [0.25, 0.3) is 0 Å². The van der Waals surface area contributed by atoms with Gasteiger partial charge in [0.15, 0.2) is 0 Å². The largest absolute Gasteiger partial charge is 0.462 e. The van der Waals surface area contributed by atoms with Gasteiger partial charge >= 0.3 is 5.97 Å². The Bertz CT molecular complexity index is 1220. The van der Waals surface area contributed by atoms with Crippen molar-refractivity contribution in [1.29, 1.82) is 0 Å². The zero-order valence-corrected chi connectivity index (χ0v) is 37.1. The molecule has 0 spiro atoms. The molecule has 328 valence electrons. The lowest BCUT2D eigenvalue weighted by atomic mass is 10.0. The topological polar surface area (TPSA) is 95.9 Å². The highest BCUT2D eigenvalue weighted by molar-refractivity contribution is 5.77. The molecule has 0 bridgehead atoms. The van der Waals surface area contributed by atoms with Gasteiger partial charge in [0.05, 0.1) is 25.2 Å². The summed E-state index contributed by atoms with van der Waals surface area (Å²) in [5, 5.41) is 23.5. The molecule has 6 heteroatoms. The Balaban J connectivity index is 4.70. The van der Waals surface area contributed by atoms with Crippen LogP contribution in [0.3, 0.4) is 0 Å². The van der Waals surface area contributed by atoms with E-state index >= 15 is 0 Å². The molecule has 0 heterocycles. The number of aliphatic hydroxyl groups is 2. The molecule has 0 fully saturated rings. The lowest BCUT2D eigenvalue weighted by Crippen LogP contribution is -2.46. The molecular formula is C52H85NO5. The summed E-state index contributed by atoms with van der Waals surface area (Å²) in [5.41, 5.74) is 0. The molecule has 0 aromatic carbocycles. The number of rotatable bonds is 39. The molecule has 3 atom stereocenters. The van der Waals surface area contributed by atoms with Gasteiger partial charge < -0.3 is 20.3 Å². The first-order valence-corrected chi connectivity index (χ1v) is 23.2. The molecular weight excluding hydrogens is 719 g/mol. The monoisotopic (exact) mass is 804 g/mol. The number of hydrogen-bond acceptors (Lipinski definition) is 5. The molecule has 0 saturated carbocycles. The second-order valence-electron chi connectivity index (χ2n) is 15.1. The molecule has 0 aromatic heterocycles. The molecule has 0 radical (unpaired) electrons. The van der Waals surface area contributed by atoms with Crippen molar-refractivity contribution in [3.63, 3.8) is 0 Å². The van der Waals surface area contributed by atoms with Crippen LogP contribution in [0.15, 0.2) is 109 Å². The number of carbonyl (C=O) groups excluding carboxylic acids is 2. The number of aliphatic hydroxyl groups excluding tert-OH is 2. The van der Waals surface area contributed by atoms with Gasteiger partial charge in [0.1, 0.15) is 6.10 Å². The highest BCUT2D eigenvalue weighted by Gasteiger charge is 2.23. The van der Waals surface area contributed by atoms with Crippen molar-refractivity contribution in [2.45, 2.75) is 200 Å². The summed E-state index contributed by atoms with van der Waals surface area (Å²) in [4.78, 5) is 26.0. The van der Waals surface area contributed by atoms with Gasteiger partial charge in [-0.15, -0.1) is 0 Å². The number of esters is 1. The summed E-state index contributed by atoms with van der Waals surface area (Å²) in [6.07, 6.45) is 60.2. The standard InChI is InChI=1S/C52H85NO5/c1-4-7-10-13-16-19-21-22-23-24-25-26-27-28-30-33-36-39-42-45-52(57)58-48(43-40-37-34-32-29-20-17-14-11-8-5-2)46-51(56)53-49(47-54)50(55)44-41-38-35-31-18-15-12-9-6-3/h7-8,10-11,14,16-17,19-20,22-23,25-26,28-30,32,34,48-50,54-55H,4-6,9,12-13,15,18,21,24,27,31,33,35-47H2,1-3H3,(H,53,56)/b10-7-,11-8+,17-14+,19-16-,23-22-,26-25-,29-20-,30-28-,34-32-. The van der Waals surface area contributed by atoms with Gasteiger partial charge in [0.2, 0.25) is 5.91 Å². The predicted octanol–water partition coefficient (Wildman–Crippen LogP) is 13.6. The highest BCUT2D eigenvalue weighted by Crippen LogP contribution is 2.15. The van der Waals surface area contributed by atoms with Gasteiger partial charge in [-0.2, -0.15) is 0 Å². The van der Waals surface area contributed by atoms with Crippen molar-refractivity contribution in [3.8, 4) is 0 Å². The molecule has 0 rings (SSSR count). The molecule has 1 amide bonds. The fourth-order valence-corrected chi connectivity index (χ4v) is 6.24. The van der Waals surface area contributed by atoms with Crippen LogP contribution in [0, 0.1) is 0 Å². The molecule has 3 N–H and O–H groups in total. The van der Waals surface area contributed by atoms with Crippen molar-refractivity contribution in [1.82, 2.24) is 5.32 Å². The van der Waals surface area contributed by atoms with Crippen LogP contribution >= 0.6 is 0 Å². The number of carbonyl (C=O) groups is 2. The zero-order valence-electron chi connectivity index (χ0n) is 37.1. The van der Waals surface area contributed by atoms with E-state index in [2.05, 4.69) is 99.0 Å². The number of amides is 1. The SMILES string of the molecule is CC/C=C\C/C=C\C/C=C\C/C=C\C/C=C\CCCCCC(=O)OC(CCC\C=C/C=C\C=C\C=C\CC)CC(=O)NC(CO)C(O)CCCCCCCCCCC. The number of nitrogens with one attached hydrogen (secondary N) is 1. The van der Waals surface area contributed by atoms with Crippen LogP contribution in [-0.4, -0.2) is 46.9 Å². The zero-order chi connectivity index (χ0) is 42.4. The molecule has 0 aromatic rings. The number of ether oxygens (including phenoxy) is 1. The van der Waals surface area contributed by atoms with Crippen LogP contribution in [0.4, 0.5) is 0 Å². The third-order valence-corrected chi connectivity index (χ3v) is 9.69. The third kappa shape index (κ3) is 39.4. The maximum atomic E-state index is 13.1. The van der Waals surface area contributed by atoms with E-state index in [0.29, 0.717) is 19.3 Å². The maximum absolute atomic E-state index is 13.1. The summed E-state index contributed by atoms with van der Waals surface area (Å²) in [7, 11) is 0. The van der Waals surface area contributed by atoms with Crippen LogP contribution in [-0.2, 0) is 14.3 Å². The van der Waals surface area contributed by atoms with Crippen LogP contribution in [0.2, 0.25) is 0 Å². The minimum atomic E-state index is -0.815. The van der Waals surface area contributed by atoms with Crippen molar-refractivity contribution in [3.05, 3.63) is 109 Å². The Morgan fingerprint density at radius 1 is 0.534 bits per heavy atom. The Morgan fingerprint density at radius 2 is 1.03 bits per heavy atom. The molecule has 0 saturated heterocycles.